The lowest BCUT2D eigenvalue weighted by Gasteiger charge is -2.25. The Morgan fingerprint density at radius 2 is 1.71 bits per heavy atom. The molecular weight excluding hydrogens is 260 g/mol. The van der Waals surface area contributed by atoms with E-state index in [1.54, 1.807) is 0 Å². The second-order valence-electron chi connectivity index (χ2n) is 7.48. The van der Waals surface area contributed by atoms with Crippen LogP contribution in [0.1, 0.15) is 52.9 Å². The van der Waals surface area contributed by atoms with Crippen LogP contribution < -0.4 is 10.2 Å². The van der Waals surface area contributed by atoms with Crippen molar-refractivity contribution < 1.29 is 0 Å². The number of anilines is 2. The molecule has 0 aromatic carbocycles. The number of nitrogens with zero attached hydrogens (tertiary/aromatic N) is 3. The molecule has 0 saturated carbocycles. The standard InChI is InChI=1S/C17H30N4/c1-8-18-14-13(4)15(20-16(19-14)17(5,6)7)21-9-11(2)12(3)10-21/h11-12H,8-10H2,1-7H3,(H,18,19,20). The summed E-state index contributed by atoms with van der Waals surface area (Å²) < 4.78 is 0. The van der Waals surface area contributed by atoms with E-state index in [1.165, 1.54) is 5.56 Å². The third kappa shape index (κ3) is 3.30. The molecular formula is C17H30N4. The molecule has 1 aromatic rings. The van der Waals surface area contributed by atoms with Gasteiger partial charge in [0, 0.05) is 30.6 Å². The maximum absolute atomic E-state index is 4.91. The van der Waals surface area contributed by atoms with Gasteiger partial charge in [-0.1, -0.05) is 34.6 Å². The lowest BCUT2D eigenvalue weighted by Crippen LogP contribution is -2.26. The number of nitrogens with one attached hydrogen (secondary N) is 1. The Labute approximate surface area is 129 Å². The number of rotatable bonds is 3. The van der Waals surface area contributed by atoms with Crippen LogP contribution in [-0.2, 0) is 5.41 Å². The quantitative estimate of drug-likeness (QED) is 0.923. The van der Waals surface area contributed by atoms with E-state index in [2.05, 4.69) is 58.7 Å². The van der Waals surface area contributed by atoms with Crippen molar-refractivity contribution in [3.8, 4) is 0 Å². The van der Waals surface area contributed by atoms with Crippen molar-refractivity contribution in [2.45, 2.75) is 53.9 Å². The fraction of sp³-hybridized carbons (Fsp3) is 0.765. The summed E-state index contributed by atoms with van der Waals surface area (Å²) in [5, 5.41) is 3.40. The van der Waals surface area contributed by atoms with Crippen LogP contribution >= 0.6 is 0 Å². The van der Waals surface area contributed by atoms with Gasteiger partial charge in [-0.15, -0.1) is 0 Å². The van der Waals surface area contributed by atoms with Gasteiger partial charge in [0.25, 0.3) is 0 Å². The summed E-state index contributed by atoms with van der Waals surface area (Å²) in [6.45, 7) is 18.5. The summed E-state index contributed by atoms with van der Waals surface area (Å²) in [6, 6.07) is 0. The summed E-state index contributed by atoms with van der Waals surface area (Å²) >= 11 is 0. The SMILES string of the molecule is CCNc1nc(C(C)(C)C)nc(N2CC(C)C(C)C2)c1C. The van der Waals surface area contributed by atoms with Crippen LogP contribution in [0.4, 0.5) is 11.6 Å². The Balaban J connectivity index is 2.46. The van der Waals surface area contributed by atoms with Gasteiger partial charge in [-0.05, 0) is 25.7 Å². The molecule has 4 heteroatoms. The van der Waals surface area contributed by atoms with Crippen molar-refractivity contribution in [3.05, 3.63) is 11.4 Å². The molecule has 1 aromatic heterocycles. The predicted molar refractivity (Wildman–Crippen MR) is 90.2 cm³/mol. The highest BCUT2D eigenvalue weighted by Gasteiger charge is 2.30. The van der Waals surface area contributed by atoms with Crippen LogP contribution in [0.15, 0.2) is 0 Å². The fourth-order valence-electron chi connectivity index (χ4n) is 2.79. The predicted octanol–water partition coefficient (Wildman–Crippen LogP) is 3.61. The fourth-order valence-corrected chi connectivity index (χ4v) is 2.79. The van der Waals surface area contributed by atoms with E-state index in [9.17, 15) is 0 Å². The van der Waals surface area contributed by atoms with Crippen molar-refractivity contribution in [3.63, 3.8) is 0 Å². The Morgan fingerprint density at radius 1 is 1.14 bits per heavy atom. The number of hydrogen-bond donors (Lipinski definition) is 1. The summed E-state index contributed by atoms with van der Waals surface area (Å²) in [5.41, 5.74) is 1.13. The van der Waals surface area contributed by atoms with Gasteiger partial charge in [0.15, 0.2) is 0 Å². The average Bonchev–Trinajstić information content (AvgIpc) is 2.71. The zero-order valence-electron chi connectivity index (χ0n) is 14.6. The van der Waals surface area contributed by atoms with Crippen LogP contribution in [0, 0.1) is 18.8 Å². The molecule has 2 atom stereocenters. The minimum Gasteiger partial charge on any atom is -0.370 e. The van der Waals surface area contributed by atoms with E-state index in [0.29, 0.717) is 0 Å². The van der Waals surface area contributed by atoms with E-state index in [1.807, 2.05) is 0 Å². The van der Waals surface area contributed by atoms with Crippen molar-refractivity contribution in [1.29, 1.82) is 0 Å². The first kappa shape index (κ1) is 16.1. The molecule has 1 aliphatic rings. The molecule has 2 rings (SSSR count). The van der Waals surface area contributed by atoms with Gasteiger partial charge in [-0.3, -0.25) is 0 Å². The highest BCUT2D eigenvalue weighted by molar-refractivity contribution is 5.59. The van der Waals surface area contributed by atoms with Gasteiger partial charge < -0.3 is 10.2 Å². The summed E-state index contributed by atoms with van der Waals surface area (Å²) in [6.07, 6.45) is 0. The molecule has 0 amide bonds. The topological polar surface area (TPSA) is 41.1 Å². The Morgan fingerprint density at radius 3 is 2.19 bits per heavy atom. The molecule has 0 radical (unpaired) electrons. The maximum atomic E-state index is 4.91. The molecule has 0 bridgehead atoms. The molecule has 2 heterocycles. The van der Waals surface area contributed by atoms with E-state index in [4.69, 9.17) is 9.97 Å². The monoisotopic (exact) mass is 290 g/mol. The summed E-state index contributed by atoms with van der Waals surface area (Å²) in [5.74, 6) is 4.47. The molecule has 1 saturated heterocycles. The third-order valence-electron chi connectivity index (χ3n) is 4.42. The van der Waals surface area contributed by atoms with E-state index < -0.39 is 0 Å². The van der Waals surface area contributed by atoms with Gasteiger partial charge in [-0.25, -0.2) is 9.97 Å². The Hall–Kier alpha value is -1.32. The van der Waals surface area contributed by atoms with Crippen molar-refractivity contribution in [2.75, 3.05) is 29.9 Å². The van der Waals surface area contributed by atoms with Crippen molar-refractivity contribution >= 4 is 11.6 Å². The van der Waals surface area contributed by atoms with Crippen LogP contribution in [0.2, 0.25) is 0 Å². The molecule has 118 valence electrons. The van der Waals surface area contributed by atoms with Gasteiger partial charge in [-0.2, -0.15) is 0 Å². The number of hydrogen-bond acceptors (Lipinski definition) is 4. The minimum absolute atomic E-state index is 0.0381. The summed E-state index contributed by atoms with van der Waals surface area (Å²) in [4.78, 5) is 12.1. The normalized spacial score (nSPS) is 22.7. The third-order valence-corrected chi connectivity index (χ3v) is 4.42. The number of aromatic nitrogens is 2. The summed E-state index contributed by atoms with van der Waals surface area (Å²) in [7, 11) is 0. The maximum Gasteiger partial charge on any atom is 0.138 e. The Kier molecular flexibility index (Phi) is 4.45. The largest absolute Gasteiger partial charge is 0.370 e. The molecule has 0 spiro atoms. The second kappa shape index (κ2) is 5.82. The van der Waals surface area contributed by atoms with Crippen LogP contribution in [0.5, 0.6) is 0 Å². The molecule has 2 unspecified atom stereocenters. The van der Waals surface area contributed by atoms with Gasteiger partial charge in [0.2, 0.25) is 0 Å². The van der Waals surface area contributed by atoms with E-state index >= 15 is 0 Å². The molecule has 1 N–H and O–H groups in total. The van der Waals surface area contributed by atoms with Crippen LogP contribution in [0.25, 0.3) is 0 Å². The van der Waals surface area contributed by atoms with E-state index in [0.717, 1.165) is 48.9 Å². The van der Waals surface area contributed by atoms with Crippen LogP contribution in [-0.4, -0.2) is 29.6 Å². The van der Waals surface area contributed by atoms with Gasteiger partial charge >= 0.3 is 0 Å². The first-order chi connectivity index (χ1) is 9.74. The lowest BCUT2D eigenvalue weighted by atomic mass is 9.95. The molecule has 1 aliphatic heterocycles. The molecule has 4 nitrogen and oxygen atoms in total. The highest BCUT2D eigenvalue weighted by Crippen LogP contribution is 2.33. The first-order valence-corrected chi connectivity index (χ1v) is 8.12. The molecule has 1 fully saturated rings. The molecule has 21 heavy (non-hydrogen) atoms. The highest BCUT2D eigenvalue weighted by atomic mass is 15.2. The van der Waals surface area contributed by atoms with Gasteiger partial charge in [0.05, 0.1) is 0 Å². The minimum atomic E-state index is -0.0381. The average molecular weight is 290 g/mol. The van der Waals surface area contributed by atoms with Crippen molar-refractivity contribution in [2.24, 2.45) is 11.8 Å². The Bertz CT molecular complexity index is 494. The van der Waals surface area contributed by atoms with Gasteiger partial charge in [0.1, 0.15) is 17.5 Å². The smallest absolute Gasteiger partial charge is 0.138 e. The lowest BCUT2D eigenvalue weighted by molar-refractivity contribution is 0.494. The van der Waals surface area contributed by atoms with Crippen molar-refractivity contribution in [1.82, 2.24) is 9.97 Å². The van der Waals surface area contributed by atoms with Crippen LogP contribution in [0.3, 0.4) is 0 Å². The second-order valence-corrected chi connectivity index (χ2v) is 7.48. The zero-order valence-corrected chi connectivity index (χ0v) is 14.6. The van der Waals surface area contributed by atoms with E-state index in [-0.39, 0.29) is 5.41 Å². The zero-order chi connectivity index (χ0) is 15.8. The first-order valence-electron chi connectivity index (χ1n) is 8.12. The molecule has 0 aliphatic carbocycles.